The summed E-state index contributed by atoms with van der Waals surface area (Å²) in [4.78, 5) is 3.62. The highest BCUT2D eigenvalue weighted by Crippen LogP contribution is 2.38. The van der Waals surface area contributed by atoms with Crippen LogP contribution in [0.15, 0.2) is 78.9 Å². The number of benzene rings is 4. The van der Waals surface area contributed by atoms with Crippen molar-refractivity contribution in [2.75, 3.05) is 0 Å². The third kappa shape index (κ3) is 2.33. The summed E-state index contributed by atoms with van der Waals surface area (Å²) in [5, 5.41) is 4.97. The molecule has 0 spiro atoms. The van der Waals surface area contributed by atoms with E-state index >= 15 is 0 Å². The van der Waals surface area contributed by atoms with Crippen molar-refractivity contribution in [2.24, 2.45) is 7.05 Å². The summed E-state index contributed by atoms with van der Waals surface area (Å²) in [5.74, 6) is 0. The Bertz CT molecular complexity index is 1630. The Morgan fingerprint density at radius 3 is 2.17 bits per heavy atom. The molecule has 2 nitrogen and oxygen atoms in total. The lowest BCUT2D eigenvalue weighted by Crippen LogP contribution is -1.86. The van der Waals surface area contributed by atoms with Gasteiger partial charge in [0.1, 0.15) is 0 Å². The second-order valence-corrected chi connectivity index (χ2v) is 8.50. The first-order chi connectivity index (χ1) is 14.2. The highest BCUT2D eigenvalue weighted by Gasteiger charge is 2.11. The Balaban J connectivity index is 1.62. The molecule has 3 heteroatoms. The zero-order valence-corrected chi connectivity index (χ0v) is 16.6. The molecule has 0 aliphatic carbocycles. The van der Waals surface area contributed by atoms with E-state index < -0.39 is 0 Å². The van der Waals surface area contributed by atoms with Crippen LogP contribution in [0.3, 0.4) is 0 Å². The number of hydrogen-bond acceptors (Lipinski definition) is 1. The van der Waals surface area contributed by atoms with Crippen molar-refractivity contribution in [2.45, 2.75) is 0 Å². The molecule has 0 N–H and O–H groups in total. The quantitative estimate of drug-likeness (QED) is 0.253. The fraction of sp³-hybridized carbons (Fsp3) is 0.0385. The Morgan fingerprint density at radius 2 is 1.34 bits per heavy atom. The first-order valence-corrected chi connectivity index (χ1v) is 10.4. The molecular weight excluding hydrogens is 372 g/mol. The summed E-state index contributed by atoms with van der Waals surface area (Å²) in [7, 11) is 2.09. The van der Waals surface area contributed by atoms with Crippen LogP contribution in [0, 0.1) is 6.57 Å². The van der Waals surface area contributed by atoms with Gasteiger partial charge in [0.2, 0.25) is 0 Å². The van der Waals surface area contributed by atoms with Crippen molar-refractivity contribution >= 4 is 59.0 Å². The second-order valence-electron chi connectivity index (χ2n) is 7.41. The molecule has 0 aliphatic rings. The lowest BCUT2D eigenvalue weighted by atomic mass is 10.0. The van der Waals surface area contributed by atoms with E-state index in [1.807, 2.05) is 29.5 Å². The molecule has 6 rings (SSSR count). The van der Waals surface area contributed by atoms with Crippen molar-refractivity contribution in [1.82, 2.24) is 4.57 Å². The number of rotatable bonds is 1. The molecule has 0 amide bonds. The third-order valence-corrected chi connectivity index (χ3v) is 6.98. The van der Waals surface area contributed by atoms with Gasteiger partial charge in [0.25, 0.3) is 0 Å². The molecule has 2 heterocycles. The maximum Gasteiger partial charge on any atom is 0.188 e. The molecule has 0 atom stereocenters. The van der Waals surface area contributed by atoms with Gasteiger partial charge in [-0.1, -0.05) is 36.4 Å². The van der Waals surface area contributed by atoms with Crippen LogP contribution in [0.5, 0.6) is 0 Å². The van der Waals surface area contributed by atoms with Gasteiger partial charge in [-0.25, -0.2) is 4.85 Å². The third-order valence-electron chi connectivity index (χ3n) is 5.83. The number of nitrogens with zero attached hydrogens (tertiary/aromatic N) is 2. The number of hydrogen-bond donors (Lipinski definition) is 0. The zero-order valence-electron chi connectivity index (χ0n) is 15.8. The minimum atomic E-state index is 0.682. The summed E-state index contributed by atoms with van der Waals surface area (Å²) in [5.41, 5.74) is 5.45. The standard InChI is InChI=1S/C26H16N2S/c1-27-18-9-11-24-21(15-18)20-13-16(7-10-23(20)28(24)2)17-8-12-26-22(14-17)19-5-3-4-6-25(19)29-26/h3-15H,2H3. The zero-order chi connectivity index (χ0) is 19.5. The van der Waals surface area contributed by atoms with Crippen molar-refractivity contribution in [3.05, 3.63) is 90.3 Å². The van der Waals surface area contributed by atoms with Gasteiger partial charge in [-0.2, -0.15) is 0 Å². The van der Waals surface area contributed by atoms with Gasteiger partial charge in [0, 0.05) is 43.6 Å². The Kier molecular flexibility index (Phi) is 3.35. The summed E-state index contributed by atoms with van der Waals surface area (Å²) in [6.45, 7) is 7.36. The van der Waals surface area contributed by atoms with Gasteiger partial charge >= 0.3 is 0 Å². The lowest BCUT2D eigenvalue weighted by Gasteiger charge is -2.04. The molecule has 0 bridgehead atoms. The number of aromatic nitrogens is 1. The van der Waals surface area contributed by atoms with E-state index in [1.54, 1.807) is 0 Å². The fourth-order valence-electron chi connectivity index (χ4n) is 4.36. The molecule has 0 unspecified atom stereocenters. The van der Waals surface area contributed by atoms with Gasteiger partial charge < -0.3 is 4.57 Å². The maximum atomic E-state index is 7.36. The predicted molar refractivity (Wildman–Crippen MR) is 125 cm³/mol. The predicted octanol–water partition coefficient (Wildman–Crippen LogP) is 7.92. The molecule has 2 aromatic heterocycles. The largest absolute Gasteiger partial charge is 0.344 e. The van der Waals surface area contributed by atoms with Gasteiger partial charge in [0.15, 0.2) is 5.69 Å². The summed E-state index contributed by atoms with van der Waals surface area (Å²) in [6, 6.07) is 28.0. The minimum Gasteiger partial charge on any atom is -0.344 e. The highest BCUT2D eigenvalue weighted by atomic mass is 32.1. The molecule has 29 heavy (non-hydrogen) atoms. The van der Waals surface area contributed by atoms with E-state index in [9.17, 15) is 0 Å². The number of fused-ring (bicyclic) bond motifs is 6. The van der Waals surface area contributed by atoms with Gasteiger partial charge in [-0.3, -0.25) is 0 Å². The summed E-state index contributed by atoms with van der Waals surface area (Å²) in [6.07, 6.45) is 0. The van der Waals surface area contributed by atoms with E-state index in [0.717, 1.165) is 10.9 Å². The van der Waals surface area contributed by atoms with E-state index in [0.29, 0.717) is 5.69 Å². The molecule has 136 valence electrons. The highest BCUT2D eigenvalue weighted by molar-refractivity contribution is 7.25. The minimum absolute atomic E-state index is 0.682. The van der Waals surface area contributed by atoms with Crippen LogP contribution in [-0.4, -0.2) is 4.57 Å². The summed E-state index contributed by atoms with van der Waals surface area (Å²) >= 11 is 1.85. The molecule has 4 aromatic carbocycles. The molecule has 0 saturated carbocycles. The molecule has 0 aliphatic heterocycles. The molecule has 0 radical (unpaired) electrons. The Hall–Kier alpha value is -3.61. The molecule has 0 fully saturated rings. The lowest BCUT2D eigenvalue weighted by molar-refractivity contribution is 1.01. The topological polar surface area (TPSA) is 9.29 Å². The first-order valence-electron chi connectivity index (χ1n) is 9.54. The molecule has 0 saturated heterocycles. The normalized spacial score (nSPS) is 11.6. The molecule has 6 aromatic rings. The van der Waals surface area contributed by atoms with Crippen LogP contribution in [0.4, 0.5) is 5.69 Å². The first kappa shape index (κ1) is 16.4. The van der Waals surface area contributed by atoms with Gasteiger partial charge in [0.05, 0.1) is 6.57 Å². The van der Waals surface area contributed by atoms with Crippen LogP contribution < -0.4 is 0 Å². The van der Waals surface area contributed by atoms with Crippen LogP contribution in [0.1, 0.15) is 0 Å². The van der Waals surface area contributed by atoms with E-state index in [1.165, 1.54) is 42.2 Å². The monoisotopic (exact) mass is 388 g/mol. The Morgan fingerprint density at radius 1 is 0.690 bits per heavy atom. The van der Waals surface area contributed by atoms with E-state index in [4.69, 9.17) is 6.57 Å². The SMILES string of the molecule is [C-]#[N+]c1ccc2c(c1)c1cc(-c3ccc4sc5ccccc5c4c3)ccc1n2C. The van der Waals surface area contributed by atoms with Crippen LogP contribution in [-0.2, 0) is 7.05 Å². The van der Waals surface area contributed by atoms with E-state index in [-0.39, 0.29) is 0 Å². The van der Waals surface area contributed by atoms with Crippen molar-refractivity contribution in [1.29, 1.82) is 0 Å². The van der Waals surface area contributed by atoms with Crippen molar-refractivity contribution < 1.29 is 0 Å². The number of thiophene rings is 1. The van der Waals surface area contributed by atoms with E-state index in [2.05, 4.69) is 77.1 Å². The van der Waals surface area contributed by atoms with Crippen molar-refractivity contribution in [3.63, 3.8) is 0 Å². The maximum absolute atomic E-state index is 7.36. The van der Waals surface area contributed by atoms with Crippen LogP contribution >= 0.6 is 11.3 Å². The fourth-order valence-corrected chi connectivity index (χ4v) is 5.45. The second kappa shape index (κ2) is 5.94. The summed E-state index contributed by atoms with van der Waals surface area (Å²) < 4.78 is 4.86. The van der Waals surface area contributed by atoms with Gasteiger partial charge in [-0.15, -0.1) is 11.3 Å². The van der Waals surface area contributed by atoms with Gasteiger partial charge in [-0.05, 0) is 59.0 Å². The average Bonchev–Trinajstić information content (AvgIpc) is 3.28. The average molecular weight is 388 g/mol. The van der Waals surface area contributed by atoms with Crippen LogP contribution in [0.25, 0.3) is 58.0 Å². The van der Waals surface area contributed by atoms with Crippen LogP contribution in [0.2, 0.25) is 0 Å². The van der Waals surface area contributed by atoms with Crippen molar-refractivity contribution in [3.8, 4) is 11.1 Å². The Labute approximate surface area is 172 Å². The smallest absolute Gasteiger partial charge is 0.188 e. The number of aryl methyl sites for hydroxylation is 1. The molecular formula is C26H16N2S.